The molecule has 0 unspecified atom stereocenters. The van der Waals surface area contributed by atoms with Gasteiger partial charge < -0.3 is 10.1 Å². The summed E-state index contributed by atoms with van der Waals surface area (Å²) < 4.78 is 5.04. The fourth-order valence-corrected chi connectivity index (χ4v) is 1.86. The van der Waals surface area contributed by atoms with Crippen molar-refractivity contribution >= 4 is 17.8 Å². The van der Waals surface area contributed by atoms with E-state index in [0.29, 0.717) is 17.1 Å². The maximum absolute atomic E-state index is 12.2. The zero-order chi connectivity index (χ0) is 16.9. The number of carbonyl (C=O) groups is 1. The Labute approximate surface area is 137 Å². The third-order valence-corrected chi connectivity index (χ3v) is 3.16. The maximum atomic E-state index is 12.2. The molecule has 1 aromatic heterocycles. The zero-order valence-electron chi connectivity index (χ0n) is 14.0. The number of anilines is 1. The largest absolute Gasteiger partial charge is 0.495 e. The van der Waals surface area contributed by atoms with E-state index in [1.165, 1.54) is 0 Å². The molecule has 23 heavy (non-hydrogen) atoms. The molecule has 2 rings (SSSR count). The second-order valence-electron chi connectivity index (χ2n) is 6.36. The molecule has 0 saturated heterocycles. The standard InChI is InChI=1S/C19H22N2O2/c1-19(2,3)12-11-14-5-7-15(8-6-14)18(22)21-17-10-9-16(23-4)13-20-17/h5-13H,1-4H3,(H,20,21,22). The first kappa shape index (κ1) is 16.7. The van der Waals surface area contributed by atoms with Gasteiger partial charge in [-0.3, -0.25) is 4.79 Å². The molecule has 0 saturated carbocycles. The Kier molecular flexibility index (Phi) is 5.16. The van der Waals surface area contributed by atoms with Crippen LogP contribution >= 0.6 is 0 Å². The summed E-state index contributed by atoms with van der Waals surface area (Å²) >= 11 is 0. The van der Waals surface area contributed by atoms with Crippen LogP contribution < -0.4 is 10.1 Å². The van der Waals surface area contributed by atoms with Crippen molar-refractivity contribution in [1.29, 1.82) is 0 Å². The van der Waals surface area contributed by atoms with Crippen LogP contribution in [-0.4, -0.2) is 18.0 Å². The summed E-state index contributed by atoms with van der Waals surface area (Å²) in [6, 6.07) is 10.9. The number of nitrogens with zero attached hydrogens (tertiary/aromatic N) is 1. The number of nitrogens with one attached hydrogen (secondary N) is 1. The number of pyridine rings is 1. The molecule has 4 nitrogen and oxygen atoms in total. The highest BCUT2D eigenvalue weighted by molar-refractivity contribution is 6.03. The number of amides is 1. The van der Waals surface area contributed by atoms with Gasteiger partial charge in [-0.1, -0.05) is 45.1 Å². The van der Waals surface area contributed by atoms with Crippen LogP contribution in [0.4, 0.5) is 5.82 Å². The van der Waals surface area contributed by atoms with E-state index in [1.54, 1.807) is 37.6 Å². The summed E-state index contributed by atoms with van der Waals surface area (Å²) in [5, 5.41) is 2.76. The molecule has 0 fully saturated rings. The van der Waals surface area contributed by atoms with E-state index in [9.17, 15) is 4.79 Å². The summed E-state index contributed by atoms with van der Waals surface area (Å²) in [5.41, 5.74) is 1.80. The van der Waals surface area contributed by atoms with Crippen LogP contribution in [0, 0.1) is 5.41 Å². The van der Waals surface area contributed by atoms with Crippen molar-refractivity contribution in [1.82, 2.24) is 4.98 Å². The SMILES string of the molecule is COc1ccc(NC(=O)c2ccc(C=CC(C)(C)C)cc2)nc1. The quantitative estimate of drug-likeness (QED) is 0.910. The smallest absolute Gasteiger partial charge is 0.256 e. The minimum absolute atomic E-state index is 0.135. The van der Waals surface area contributed by atoms with Gasteiger partial charge in [0.1, 0.15) is 11.6 Å². The molecule has 0 atom stereocenters. The number of aromatic nitrogens is 1. The van der Waals surface area contributed by atoms with Crippen molar-refractivity contribution in [3.05, 3.63) is 59.8 Å². The summed E-state index contributed by atoms with van der Waals surface area (Å²) in [6.07, 6.45) is 5.77. The Balaban J connectivity index is 2.03. The van der Waals surface area contributed by atoms with E-state index < -0.39 is 0 Å². The average molecular weight is 310 g/mol. The third-order valence-electron chi connectivity index (χ3n) is 3.16. The molecule has 1 aromatic carbocycles. The van der Waals surface area contributed by atoms with Crippen molar-refractivity contribution in [2.45, 2.75) is 20.8 Å². The molecular formula is C19H22N2O2. The molecule has 1 N–H and O–H groups in total. The first-order chi connectivity index (χ1) is 10.9. The summed E-state index contributed by atoms with van der Waals surface area (Å²) in [4.78, 5) is 16.3. The molecule has 2 aromatic rings. The zero-order valence-corrected chi connectivity index (χ0v) is 14.0. The van der Waals surface area contributed by atoms with Crippen molar-refractivity contribution < 1.29 is 9.53 Å². The van der Waals surface area contributed by atoms with Crippen molar-refractivity contribution in [3.63, 3.8) is 0 Å². The number of carbonyl (C=O) groups excluding carboxylic acids is 1. The summed E-state index contributed by atoms with van der Waals surface area (Å²) in [7, 11) is 1.57. The van der Waals surface area contributed by atoms with Crippen LogP contribution in [0.5, 0.6) is 5.75 Å². The van der Waals surface area contributed by atoms with Gasteiger partial charge in [0.15, 0.2) is 0 Å². The number of rotatable bonds is 4. The second kappa shape index (κ2) is 7.09. The number of hydrogen-bond donors (Lipinski definition) is 1. The Morgan fingerprint density at radius 3 is 2.35 bits per heavy atom. The molecule has 1 amide bonds. The monoisotopic (exact) mass is 310 g/mol. The third kappa shape index (κ3) is 5.25. The predicted molar refractivity (Wildman–Crippen MR) is 93.7 cm³/mol. The van der Waals surface area contributed by atoms with Crippen molar-refractivity contribution in [2.75, 3.05) is 12.4 Å². The van der Waals surface area contributed by atoms with Gasteiger partial charge in [0.05, 0.1) is 13.3 Å². The lowest BCUT2D eigenvalue weighted by atomic mass is 9.95. The second-order valence-corrected chi connectivity index (χ2v) is 6.36. The van der Waals surface area contributed by atoms with Gasteiger partial charge in [0.25, 0.3) is 5.91 Å². The van der Waals surface area contributed by atoms with E-state index >= 15 is 0 Å². The summed E-state index contributed by atoms with van der Waals surface area (Å²) in [6.45, 7) is 6.44. The molecule has 0 bridgehead atoms. The lowest BCUT2D eigenvalue weighted by Gasteiger charge is -2.11. The highest BCUT2D eigenvalue weighted by Gasteiger charge is 2.07. The lowest BCUT2D eigenvalue weighted by Crippen LogP contribution is -2.12. The number of benzene rings is 1. The van der Waals surface area contributed by atoms with Gasteiger partial charge in [-0.15, -0.1) is 0 Å². The van der Waals surface area contributed by atoms with E-state index in [4.69, 9.17) is 4.74 Å². The van der Waals surface area contributed by atoms with E-state index in [2.05, 4.69) is 43.2 Å². The molecular weight excluding hydrogens is 288 g/mol. The van der Waals surface area contributed by atoms with E-state index in [-0.39, 0.29) is 11.3 Å². The maximum Gasteiger partial charge on any atom is 0.256 e. The van der Waals surface area contributed by atoms with Crippen LogP contribution in [0.2, 0.25) is 0 Å². The minimum Gasteiger partial charge on any atom is -0.495 e. The number of hydrogen-bond acceptors (Lipinski definition) is 3. The van der Waals surface area contributed by atoms with E-state index in [0.717, 1.165) is 5.56 Å². The van der Waals surface area contributed by atoms with Gasteiger partial charge in [-0.05, 0) is 35.2 Å². The lowest BCUT2D eigenvalue weighted by molar-refractivity contribution is 0.102. The predicted octanol–water partition coefficient (Wildman–Crippen LogP) is 4.40. The molecule has 0 aliphatic carbocycles. The topological polar surface area (TPSA) is 51.2 Å². The molecule has 120 valence electrons. The Hall–Kier alpha value is -2.62. The van der Waals surface area contributed by atoms with Crippen molar-refractivity contribution in [2.24, 2.45) is 5.41 Å². The van der Waals surface area contributed by atoms with Crippen molar-refractivity contribution in [3.8, 4) is 5.75 Å². The Morgan fingerprint density at radius 2 is 1.83 bits per heavy atom. The first-order valence-electron chi connectivity index (χ1n) is 7.48. The first-order valence-corrected chi connectivity index (χ1v) is 7.48. The normalized spacial score (nSPS) is 11.5. The van der Waals surface area contributed by atoms with Gasteiger partial charge in [-0.25, -0.2) is 4.98 Å². The van der Waals surface area contributed by atoms with Crippen LogP contribution in [0.1, 0.15) is 36.7 Å². The molecule has 4 heteroatoms. The van der Waals surface area contributed by atoms with E-state index in [1.807, 2.05) is 12.1 Å². The molecule has 0 radical (unpaired) electrons. The van der Waals surface area contributed by atoms with Crippen LogP contribution in [0.15, 0.2) is 48.7 Å². The molecule has 1 heterocycles. The number of methoxy groups -OCH3 is 1. The number of allylic oxidation sites excluding steroid dienone is 1. The molecule has 0 spiro atoms. The van der Waals surface area contributed by atoms with Gasteiger partial charge in [-0.2, -0.15) is 0 Å². The minimum atomic E-state index is -0.186. The van der Waals surface area contributed by atoms with Gasteiger partial charge in [0, 0.05) is 5.56 Å². The molecule has 0 aliphatic rings. The van der Waals surface area contributed by atoms with Crippen LogP contribution in [0.3, 0.4) is 0 Å². The van der Waals surface area contributed by atoms with Gasteiger partial charge >= 0.3 is 0 Å². The highest BCUT2D eigenvalue weighted by Crippen LogP contribution is 2.18. The fourth-order valence-electron chi connectivity index (χ4n) is 1.86. The molecule has 0 aliphatic heterocycles. The highest BCUT2D eigenvalue weighted by atomic mass is 16.5. The Morgan fingerprint density at radius 1 is 1.13 bits per heavy atom. The van der Waals surface area contributed by atoms with Crippen LogP contribution in [-0.2, 0) is 0 Å². The Bertz CT molecular complexity index is 681. The van der Waals surface area contributed by atoms with Gasteiger partial charge in [0.2, 0.25) is 0 Å². The fraction of sp³-hybridized carbons (Fsp3) is 0.263. The van der Waals surface area contributed by atoms with Crippen LogP contribution in [0.25, 0.3) is 6.08 Å². The average Bonchev–Trinajstić information content (AvgIpc) is 2.53. The summed E-state index contributed by atoms with van der Waals surface area (Å²) in [5.74, 6) is 0.958. The number of ether oxygens (including phenoxy) is 1.